The highest BCUT2D eigenvalue weighted by molar-refractivity contribution is 8.16. The van der Waals surface area contributed by atoms with Crippen LogP contribution in [0.5, 0.6) is 11.5 Å². The molecule has 0 spiro atoms. The number of hydrogen-bond donors (Lipinski definition) is 1. The summed E-state index contributed by atoms with van der Waals surface area (Å²) in [5.74, 6) is -0.843. The van der Waals surface area contributed by atoms with Crippen LogP contribution in [0.25, 0.3) is 0 Å². The van der Waals surface area contributed by atoms with Gasteiger partial charge < -0.3 is 14.2 Å². The molecule has 184 valence electrons. The lowest BCUT2D eigenvalue weighted by atomic mass is 9.97. The Labute approximate surface area is 211 Å². The van der Waals surface area contributed by atoms with Crippen molar-refractivity contribution in [2.75, 3.05) is 13.7 Å². The number of carbonyl (C=O) groups is 4. The Kier molecular flexibility index (Phi) is 7.70. The minimum Gasteiger partial charge on any atom is -0.496 e. The first-order valence-corrected chi connectivity index (χ1v) is 11.9. The molecular formula is C27H23NO7S. The van der Waals surface area contributed by atoms with Gasteiger partial charge in [0.25, 0.3) is 11.1 Å². The summed E-state index contributed by atoms with van der Waals surface area (Å²) in [7, 11) is 1.49. The molecule has 9 heteroatoms. The third kappa shape index (κ3) is 5.58. The van der Waals surface area contributed by atoms with E-state index < -0.39 is 21.9 Å². The summed E-state index contributed by atoms with van der Waals surface area (Å²) in [5, 5.41) is 1.58. The summed E-state index contributed by atoms with van der Waals surface area (Å²) in [4.78, 5) is 50.1. The summed E-state index contributed by atoms with van der Waals surface area (Å²) in [6.07, 6.45) is -0.0523. The number of esters is 1. The normalized spacial score (nSPS) is 16.8. The molecule has 2 amide bonds. The van der Waals surface area contributed by atoms with Crippen molar-refractivity contribution in [2.45, 2.75) is 17.8 Å². The van der Waals surface area contributed by atoms with Gasteiger partial charge in [-0.1, -0.05) is 54.6 Å². The van der Waals surface area contributed by atoms with Crippen molar-refractivity contribution in [1.82, 2.24) is 5.32 Å². The number of ether oxygens (including phenoxy) is 3. The van der Waals surface area contributed by atoms with Crippen LogP contribution in [-0.2, 0) is 27.4 Å². The van der Waals surface area contributed by atoms with Gasteiger partial charge in [-0.15, -0.1) is 0 Å². The minimum atomic E-state index is -1.73. The molecule has 0 saturated carbocycles. The number of amides is 2. The van der Waals surface area contributed by atoms with Gasteiger partial charge in [0.2, 0.25) is 10.5 Å². The van der Waals surface area contributed by atoms with E-state index in [2.05, 4.69) is 5.32 Å². The summed E-state index contributed by atoms with van der Waals surface area (Å²) in [5.41, 5.74) is 1.80. The van der Waals surface area contributed by atoms with Gasteiger partial charge in [-0.2, -0.15) is 0 Å². The molecule has 1 heterocycles. The van der Waals surface area contributed by atoms with Crippen LogP contribution < -0.4 is 14.8 Å². The highest BCUT2D eigenvalue weighted by atomic mass is 32.2. The molecule has 8 nitrogen and oxygen atoms in total. The van der Waals surface area contributed by atoms with Gasteiger partial charge in [0, 0.05) is 6.42 Å². The van der Waals surface area contributed by atoms with Crippen LogP contribution in [0.1, 0.15) is 21.5 Å². The Balaban J connectivity index is 1.42. The highest BCUT2D eigenvalue weighted by Gasteiger charge is 2.55. The first kappa shape index (κ1) is 25.0. The smallest absolute Gasteiger partial charge is 0.333 e. The maximum absolute atomic E-state index is 13.0. The van der Waals surface area contributed by atoms with Crippen molar-refractivity contribution in [2.24, 2.45) is 0 Å². The number of rotatable bonds is 10. The van der Waals surface area contributed by atoms with E-state index in [1.54, 1.807) is 60.7 Å². The number of imide groups is 1. The molecule has 0 aliphatic carbocycles. The minimum absolute atomic E-state index is 0.0174. The average Bonchev–Trinajstić information content (AvgIpc) is 3.20. The molecule has 1 atom stereocenters. The summed E-state index contributed by atoms with van der Waals surface area (Å²) in [6.45, 7) is -0.210. The first-order valence-electron chi connectivity index (χ1n) is 11.0. The Hall–Kier alpha value is -4.11. The number of para-hydroxylation sites is 1. The maximum Gasteiger partial charge on any atom is 0.333 e. The van der Waals surface area contributed by atoms with E-state index in [9.17, 15) is 19.2 Å². The van der Waals surface area contributed by atoms with E-state index in [0.717, 1.165) is 5.56 Å². The molecule has 0 radical (unpaired) electrons. The van der Waals surface area contributed by atoms with Crippen LogP contribution in [0.3, 0.4) is 0 Å². The van der Waals surface area contributed by atoms with Crippen LogP contribution in [0.4, 0.5) is 4.79 Å². The van der Waals surface area contributed by atoms with Crippen molar-refractivity contribution in [1.29, 1.82) is 0 Å². The first-order chi connectivity index (χ1) is 17.4. The van der Waals surface area contributed by atoms with Crippen molar-refractivity contribution in [3.8, 4) is 11.5 Å². The van der Waals surface area contributed by atoms with E-state index in [0.29, 0.717) is 34.4 Å². The van der Waals surface area contributed by atoms with Crippen LogP contribution in [0.2, 0.25) is 0 Å². The molecule has 3 aromatic carbocycles. The number of thioether (sulfide) groups is 1. The number of Topliss-reactive ketones (excluding diaryl/α,β-unsaturated/α-hetero) is 1. The number of carbonyl (C=O) groups excluding carboxylic acids is 4. The van der Waals surface area contributed by atoms with E-state index in [4.69, 9.17) is 14.2 Å². The number of hydrogen-bond acceptors (Lipinski definition) is 8. The van der Waals surface area contributed by atoms with Gasteiger partial charge in [0.15, 0.2) is 6.61 Å². The number of ketones is 1. The molecule has 1 aliphatic rings. The van der Waals surface area contributed by atoms with E-state index in [-0.39, 0.29) is 25.4 Å². The SMILES string of the molecule is COc1ccccc1C(=O)COc1ccc(C[C@@]2(C(=O)OCc3ccccc3)SC(=O)NC2=O)cc1. The van der Waals surface area contributed by atoms with Crippen molar-refractivity contribution in [3.63, 3.8) is 0 Å². The van der Waals surface area contributed by atoms with Crippen molar-refractivity contribution >= 4 is 34.7 Å². The fourth-order valence-electron chi connectivity index (χ4n) is 3.68. The van der Waals surface area contributed by atoms with Crippen LogP contribution in [0, 0.1) is 0 Å². The van der Waals surface area contributed by atoms with Crippen molar-refractivity contribution < 1.29 is 33.4 Å². The largest absolute Gasteiger partial charge is 0.496 e. The highest BCUT2D eigenvalue weighted by Crippen LogP contribution is 2.37. The molecule has 1 fully saturated rings. The third-order valence-electron chi connectivity index (χ3n) is 5.55. The molecule has 3 aromatic rings. The lowest BCUT2D eigenvalue weighted by Crippen LogP contribution is -2.46. The van der Waals surface area contributed by atoms with Gasteiger partial charge in [-0.25, -0.2) is 4.79 Å². The second kappa shape index (κ2) is 11.1. The number of methoxy groups -OCH3 is 1. The summed E-state index contributed by atoms with van der Waals surface area (Å²) in [6, 6.07) is 22.5. The second-order valence-electron chi connectivity index (χ2n) is 7.97. The fourth-order valence-corrected chi connectivity index (χ4v) is 4.66. The molecular weight excluding hydrogens is 482 g/mol. The summed E-state index contributed by atoms with van der Waals surface area (Å²) >= 11 is 0.617. The average molecular weight is 506 g/mol. The molecule has 4 rings (SSSR count). The Morgan fingerprint density at radius 1 is 0.889 bits per heavy atom. The van der Waals surface area contributed by atoms with Crippen LogP contribution >= 0.6 is 11.8 Å². The van der Waals surface area contributed by atoms with E-state index in [1.165, 1.54) is 7.11 Å². The molecule has 1 aliphatic heterocycles. The molecule has 0 aromatic heterocycles. The second-order valence-corrected chi connectivity index (χ2v) is 9.24. The predicted molar refractivity (Wildman–Crippen MR) is 133 cm³/mol. The van der Waals surface area contributed by atoms with Gasteiger partial charge in [0.1, 0.15) is 18.1 Å². The van der Waals surface area contributed by atoms with Crippen LogP contribution in [-0.4, -0.2) is 41.4 Å². The molecule has 36 heavy (non-hydrogen) atoms. The fraction of sp³-hybridized carbons (Fsp3) is 0.185. The quantitative estimate of drug-likeness (QED) is 0.251. The van der Waals surface area contributed by atoms with Crippen molar-refractivity contribution in [3.05, 3.63) is 95.6 Å². The van der Waals surface area contributed by atoms with Gasteiger partial charge in [-0.3, -0.25) is 19.7 Å². The van der Waals surface area contributed by atoms with E-state index in [1.807, 2.05) is 18.2 Å². The van der Waals surface area contributed by atoms with Gasteiger partial charge >= 0.3 is 5.97 Å². The Morgan fingerprint density at radius 3 is 2.25 bits per heavy atom. The number of benzene rings is 3. The lowest BCUT2D eigenvalue weighted by Gasteiger charge is -2.22. The zero-order valence-electron chi connectivity index (χ0n) is 19.4. The Bertz CT molecular complexity index is 1280. The molecule has 0 unspecified atom stereocenters. The predicted octanol–water partition coefficient (Wildman–Crippen LogP) is 3.96. The topological polar surface area (TPSA) is 108 Å². The van der Waals surface area contributed by atoms with Gasteiger partial charge in [0.05, 0.1) is 12.7 Å². The standard InChI is InChI=1S/C27H23NO7S/c1-33-23-10-6-5-9-21(23)22(29)17-34-20-13-11-18(12-14-20)15-27(24(30)28-26(32)36-27)25(31)35-16-19-7-3-2-4-8-19/h2-14H,15-17H2,1H3,(H,28,30,32)/t27-/m1/s1. The molecule has 0 bridgehead atoms. The third-order valence-corrected chi connectivity index (χ3v) is 6.68. The Morgan fingerprint density at radius 2 is 1.58 bits per heavy atom. The maximum atomic E-state index is 13.0. The van der Waals surface area contributed by atoms with Crippen LogP contribution in [0.15, 0.2) is 78.9 Å². The molecule has 1 N–H and O–H groups in total. The molecule has 1 saturated heterocycles. The van der Waals surface area contributed by atoms with Gasteiger partial charge in [-0.05, 0) is 47.2 Å². The zero-order chi connectivity index (χ0) is 25.5. The zero-order valence-corrected chi connectivity index (χ0v) is 20.2. The number of nitrogens with one attached hydrogen (secondary N) is 1. The van der Waals surface area contributed by atoms with E-state index >= 15 is 0 Å². The lowest BCUT2D eigenvalue weighted by molar-refractivity contribution is -0.150. The monoisotopic (exact) mass is 505 g/mol. The summed E-state index contributed by atoms with van der Waals surface area (Å²) < 4.78 is 14.5.